The van der Waals surface area contributed by atoms with Crippen LogP contribution in [0.4, 0.5) is 0 Å². The summed E-state index contributed by atoms with van der Waals surface area (Å²) in [5.41, 5.74) is 0.868. The fraction of sp³-hybridized carbons (Fsp3) is 0.167. The topological polar surface area (TPSA) is 89.2 Å². The van der Waals surface area contributed by atoms with E-state index >= 15 is 0 Å². The summed E-state index contributed by atoms with van der Waals surface area (Å²) in [6, 6.07) is 14.2. The van der Waals surface area contributed by atoms with Crippen molar-refractivity contribution in [3.63, 3.8) is 0 Å². The smallest absolute Gasteiger partial charge is 0.296 e. The van der Waals surface area contributed by atoms with Gasteiger partial charge in [0.25, 0.3) is 11.7 Å². The molecule has 32 heavy (non-hydrogen) atoms. The van der Waals surface area contributed by atoms with Crippen LogP contribution in [0, 0.1) is 0 Å². The normalized spacial score (nSPS) is 17.6. The van der Waals surface area contributed by atoms with Crippen LogP contribution in [-0.4, -0.2) is 35.9 Å². The number of Topliss-reactive ketones (excluding diaryl/α,β-unsaturated/α-hetero) is 1. The van der Waals surface area contributed by atoms with E-state index in [1.807, 2.05) is 0 Å². The summed E-state index contributed by atoms with van der Waals surface area (Å²) in [7, 11) is 2.97. The Bertz CT molecular complexity index is 1200. The van der Waals surface area contributed by atoms with Crippen LogP contribution >= 0.6 is 11.6 Å². The molecule has 0 aliphatic carbocycles. The summed E-state index contributed by atoms with van der Waals surface area (Å²) < 4.78 is 15.9. The molecule has 8 heteroatoms. The van der Waals surface area contributed by atoms with Gasteiger partial charge in [-0.05, 0) is 48.0 Å². The molecule has 1 aromatic heterocycles. The molecule has 0 bridgehead atoms. The van der Waals surface area contributed by atoms with Gasteiger partial charge in [0.15, 0.2) is 0 Å². The molecule has 1 atom stereocenters. The molecule has 1 aliphatic rings. The van der Waals surface area contributed by atoms with E-state index in [-0.39, 0.29) is 17.9 Å². The Balaban J connectivity index is 1.89. The van der Waals surface area contributed by atoms with E-state index in [1.54, 1.807) is 48.5 Å². The fourth-order valence-corrected chi connectivity index (χ4v) is 3.93. The average molecular weight is 454 g/mol. The Hall–Kier alpha value is -3.71. The number of ether oxygens (including phenoxy) is 2. The Morgan fingerprint density at radius 3 is 2.59 bits per heavy atom. The van der Waals surface area contributed by atoms with Crippen molar-refractivity contribution in [3.8, 4) is 11.5 Å². The quantitative estimate of drug-likeness (QED) is 0.334. The Morgan fingerprint density at radius 1 is 1.09 bits per heavy atom. The van der Waals surface area contributed by atoms with Crippen LogP contribution in [-0.2, 0) is 16.1 Å². The van der Waals surface area contributed by atoms with E-state index in [4.69, 9.17) is 25.5 Å². The van der Waals surface area contributed by atoms with Crippen molar-refractivity contribution >= 4 is 29.1 Å². The molecule has 1 fully saturated rings. The van der Waals surface area contributed by atoms with Crippen molar-refractivity contribution in [1.29, 1.82) is 0 Å². The van der Waals surface area contributed by atoms with Crippen LogP contribution in [0.3, 0.4) is 0 Å². The van der Waals surface area contributed by atoms with Crippen molar-refractivity contribution in [2.24, 2.45) is 0 Å². The lowest BCUT2D eigenvalue weighted by Gasteiger charge is -2.24. The standard InChI is InChI=1S/C24H20ClNO6/c1-30-16-6-3-5-14(11-16)21-20(22(27)15-8-9-18(25)19(12-15)31-2)23(28)24(29)26(21)13-17-7-4-10-32-17/h3-12,21,27H,13H2,1-2H3/b22-20-. The maximum absolute atomic E-state index is 13.1. The molecule has 2 heterocycles. The van der Waals surface area contributed by atoms with Gasteiger partial charge in [0.1, 0.15) is 23.0 Å². The molecule has 1 unspecified atom stereocenters. The number of amides is 1. The number of halogens is 1. The minimum atomic E-state index is -0.850. The highest BCUT2D eigenvalue weighted by Gasteiger charge is 2.46. The lowest BCUT2D eigenvalue weighted by Crippen LogP contribution is -2.29. The van der Waals surface area contributed by atoms with Gasteiger partial charge in [-0.3, -0.25) is 9.59 Å². The first kappa shape index (κ1) is 21.5. The van der Waals surface area contributed by atoms with Gasteiger partial charge in [0.05, 0.1) is 43.7 Å². The van der Waals surface area contributed by atoms with Crippen molar-refractivity contribution in [1.82, 2.24) is 4.90 Å². The highest BCUT2D eigenvalue weighted by atomic mass is 35.5. The highest BCUT2D eigenvalue weighted by Crippen LogP contribution is 2.41. The van der Waals surface area contributed by atoms with Crippen molar-refractivity contribution in [3.05, 3.63) is 88.3 Å². The number of aliphatic hydroxyl groups excluding tert-OH is 1. The number of rotatable bonds is 6. The lowest BCUT2D eigenvalue weighted by atomic mass is 9.95. The first-order valence-corrected chi connectivity index (χ1v) is 10.1. The predicted octanol–water partition coefficient (Wildman–Crippen LogP) is 4.57. The zero-order valence-corrected chi connectivity index (χ0v) is 18.1. The third-order valence-electron chi connectivity index (χ3n) is 5.28. The second kappa shape index (κ2) is 8.80. The molecule has 0 saturated carbocycles. The summed E-state index contributed by atoms with van der Waals surface area (Å²) >= 11 is 6.10. The number of carbonyl (C=O) groups is 2. The largest absolute Gasteiger partial charge is 0.507 e. The highest BCUT2D eigenvalue weighted by molar-refractivity contribution is 6.46. The first-order valence-electron chi connectivity index (χ1n) is 9.73. The molecule has 1 amide bonds. The molecule has 1 saturated heterocycles. The molecule has 1 aliphatic heterocycles. The minimum Gasteiger partial charge on any atom is -0.507 e. The Kier molecular flexibility index (Phi) is 5.92. The van der Waals surface area contributed by atoms with Crippen LogP contribution in [0.15, 0.2) is 70.9 Å². The molecule has 2 aromatic carbocycles. The Labute approximate surface area is 189 Å². The summed E-state index contributed by atoms with van der Waals surface area (Å²) in [5.74, 6) is -0.466. The summed E-state index contributed by atoms with van der Waals surface area (Å²) in [6.45, 7) is 0.0557. The van der Waals surface area contributed by atoms with Crippen LogP contribution in [0.25, 0.3) is 5.76 Å². The molecule has 7 nitrogen and oxygen atoms in total. The summed E-state index contributed by atoms with van der Waals surface area (Å²) in [6.07, 6.45) is 1.49. The van der Waals surface area contributed by atoms with Crippen LogP contribution in [0.1, 0.15) is 22.9 Å². The number of nitrogens with zero attached hydrogens (tertiary/aromatic N) is 1. The maximum atomic E-state index is 13.1. The summed E-state index contributed by atoms with van der Waals surface area (Å²) in [4.78, 5) is 27.5. The zero-order valence-electron chi connectivity index (χ0n) is 17.4. The lowest BCUT2D eigenvalue weighted by molar-refractivity contribution is -0.140. The number of benzene rings is 2. The van der Waals surface area contributed by atoms with Gasteiger partial charge in [0, 0.05) is 5.56 Å². The van der Waals surface area contributed by atoms with Crippen molar-refractivity contribution in [2.45, 2.75) is 12.6 Å². The van der Waals surface area contributed by atoms with Gasteiger partial charge in [-0.2, -0.15) is 0 Å². The van der Waals surface area contributed by atoms with E-state index in [0.717, 1.165) is 0 Å². The van der Waals surface area contributed by atoms with Crippen LogP contribution in [0.5, 0.6) is 11.5 Å². The molecular formula is C24H20ClNO6. The molecule has 164 valence electrons. The van der Waals surface area contributed by atoms with E-state index in [2.05, 4.69) is 0 Å². The third kappa shape index (κ3) is 3.83. The first-order chi connectivity index (χ1) is 15.4. The maximum Gasteiger partial charge on any atom is 0.296 e. The monoisotopic (exact) mass is 453 g/mol. The summed E-state index contributed by atoms with van der Waals surface area (Å²) in [5, 5.41) is 11.5. The van der Waals surface area contributed by atoms with Crippen molar-refractivity contribution < 1.29 is 28.6 Å². The molecule has 4 rings (SSSR count). The van der Waals surface area contributed by atoms with Gasteiger partial charge in [0.2, 0.25) is 0 Å². The minimum absolute atomic E-state index is 0.0424. The molecule has 3 aromatic rings. The predicted molar refractivity (Wildman–Crippen MR) is 118 cm³/mol. The number of hydrogen-bond acceptors (Lipinski definition) is 6. The average Bonchev–Trinajstić information content (AvgIpc) is 3.41. The van der Waals surface area contributed by atoms with E-state index in [0.29, 0.717) is 33.4 Å². The number of furan rings is 1. The molecule has 0 radical (unpaired) electrons. The molecule has 0 spiro atoms. The number of hydrogen-bond donors (Lipinski definition) is 1. The molecule has 1 N–H and O–H groups in total. The zero-order chi connectivity index (χ0) is 22.8. The number of carbonyl (C=O) groups excluding carboxylic acids is 2. The number of methoxy groups -OCH3 is 2. The van der Waals surface area contributed by atoms with Crippen LogP contribution in [0.2, 0.25) is 5.02 Å². The van der Waals surface area contributed by atoms with Gasteiger partial charge < -0.3 is 23.9 Å². The van der Waals surface area contributed by atoms with E-state index in [9.17, 15) is 14.7 Å². The van der Waals surface area contributed by atoms with E-state index in [1.165, 1.54) is 31.4 Å². The number of likely N-dealkylation sites (tertiary alicyclic amines) is 1. The van der Waals surface area contributed by atoms with Gasteiger partial charge >= 0.3 is 0 Å². The number of aliphatic hydroxyl groups is 1. The van der Waals surface area contributed by atoms with E-state index < -0.39 is 17.7 Å². The fourth-order valence-electron chi connectivity index (χ4n) is 3.73. The van der Waals surface area contributed by atoms with Gasteiger partial charge in [-0.1, -0.05) is 23.7 Å². The Morgan fingerprint density at radius 2 is 1.91 bits per heavy atom. The van der Waals surface area contributed by atoms with Crippen molar-refractivity contribution in [2.75, 3.05) is 14.2 Å². The SMILES string of the molecule is COc1cccc(C2/C(=C(/O)c3ccc(Cl)c(OC)c3)C(=O)C(=O)N2Cc2ccco2)c1. The molecular weight excluding hydrogens is 434 g/mol. The van der Waals surface area contributed by atoms with Gasteiger partial charge in [-0.25, -0.2) is 0 Å². The van der Waals surface area contributed by atoms with Crippen LogP contribution < -0.4 is 9.47 Å². The second-order valence-corrected chi connectivity index (χ2v) is 7.54. The number of ketones is 1. The van der Waals surface area contributed by atoms with Gasteiger partial charge in [-0.15, -0.1) is 0 Å². The second-order valence-electron chi connectivity index (χ2n) is 7.13. The third-order valence-corrected chi connectivity index (χ3v) is 5.59.